The highest BCUT2D eigenvalue weighted by molar-refractivity contribution is 7.90. The number of nitrogens with one attached hydrogen (secondary N) is 1. The van der Waals surface area contributed by atoms with Crippen molar-refractivity contribution in [2.24, 2.45) is 0 Å². The van der Waals surface area contributed by atoms with Gasteiger partial charge in [0, 0.05) is 55.3 Å². The van der Waals surface area contributed by atoms with Crippen molar-refractivity contribution in [3.8, 4) is 22.6 Å². The molecule has 5 rings (SSSR count). The molecule has 0 bridgehead atoms. The number of benzene rings is 2. The molecule has 13 heteroatoms. The summed E-state index contributed by atoms with van der Waals surface area (Å²) in [6.45, 7) is -0.0358. The van der Waals surface area contributed by atoms with E-state index in [9.17, 15) is 22.0 Å². The van der Waals surface area contributed by atoms with Crippen LogP contribution >= 0.6 is 0 Å². The van der Waals surface area contributed by atoms with Crippen LogP contribution in [-0.2, 0) is 23.2 Å². The lowest BCUT2D eigenvalue weighted by atomic mass is 10.0. The number of ether oxygens (including phenoxy) is 1. The predicted octanol–water partition coefficient (Wildman–Crippen LogP) is 3.44. The van der Waals surface area contributed by atoms with E-state index >= 15 is 4.39 Å². The smallest absolute Gasteiger partial charge is 0.304 e. The van der Waals surface area contributed by atoms with Crippen LogP contribution in [0.3, 0.4) is 0 Å². The van der Waals surface area contributed by atoms with Crippen molar-refractivity contribution in [2.75, 3.05) is 18.4 Å². The minimum absolute atomic E-state index is 0.0242. The van der Waals surface area contributed by atoms with Crippen LogP contribution in [0.25, 0.3) is 16.8 Å². The average Bonchev–Trinajstić information content (AvgIpc) is 2.90. The third kappa shape index (κ3) is 4.73. The summed E-state index contributed by atoms with van der Waals surface area (Å²) in [5.41, 5.74) is 0.665. The van der Waals surface area contributed by atoms with Crippen molar-refractivity contribution in [3.05, 3.63) is 100.0 Å². The average molecular weight is 544 g/mol. The molecule has 0 radical (unpaired) electrons. The highest BCUT2D eigenvalue weighted by Gasteiger charge is 2.30. The highest BCUT2D eigenvalue weighted by atomic mass is 32.2. The van der Waals surface area contributed by atoms with Crippen molar-refractivity contribution in [1.29, 1.82) is 0 Å². The molecule has 0 saturated carbocycles. The van der Waals surface area contributed by atoms with Crippen molar-refractivity contribution < 1.29 is 26.3 Å². The molecular formula is C25H20F3N5O4S. The molecule has 0 saturated heterocycles. The molecule has 0 unspecified atom stereocenters. The first-order valence-electron chi connectivity index (χ1n) is 11.3. The molecule has 1 N–H and O–H groups in total. The number of pyridine rings is 1. The largest absolute Gasteiger partial charge is 0.495 e. The fraction of sp³-hybridized carbons (Fsp3) is 0.160. The standard InChI is InChI=1S/C25H20F3N5O4S/c1-37-23-12-17(15-3-5-18(26)20(28)11-15)19(27)13-22(23)33-21-7-10-32(14-16(21)4-6-24(33)34)38(35,36)31-25-29-8-2-9-30-25/h2-6,8-9,11-13H,7,10,14H2,1H3,(H,29,30,31). The first-order valence-corrected chi connectivity index (χ1v) is 12.7. The number of hydrogen-bond donors (Lipinski definition) is 1. The fourth-order valence-electron chi connectivity index (χ4n) is 4.30. The second kappa shape index (κ2) is 9.91. The molecule has 196 valence electrons. The summed E-state index contributed by atoms with van der Waals surface area (Å²) >= 11 is 0. The van der Waals surface area contributed by atoms with Gasteiger partial charge in [-0.3, -0.25) is 9.36 Å². The van der Waals surface area contributed by atoms with E-state index in [1.165, 1.54) is 52.6 Å². The summed E-state index contributed by atoms with van der Waals surface area (Å²) in [6, 6.07) is 9.69. The number of methoxy groups -OCH3 is 1. The number of anilines is 1. The van der Waals surface area contributed by atoms with Crippen LogP contribution in [0.1, 0.15) is 11.3 Å². The Bertz CT molecular complexity index is 1700. The minimum Gasteiger partial charge on any atom is -0.495 e. The lowest BCUT2D eigenvalue weighted by molar-refractivity contribution is 0.385. The minimum atomic E-state index is -4.00. The summed E-state index contributed by atoms with van der Waals surface area (Å²) in [6.07, 6.45) is 2.94. The van der Waals surface area contributed by atoms with E-state index < -0.39 is 33.2 Å². The molecule has 38 heavy (non-hydrogen) atoms. The van der Waals surface area contributed by atoms with Gasteiger partial charge in [-0.1, -0.05) is 12.1 Å². The number of halogens is 3. The molecule has 3 heterocycles. The van der Waals surface area contributed by atoms with Crippen molar-refractivity contribution in [1.82, 2.24) is 18.8 Å². The predicted molar refractivity (Wildman–Crippen MR) is 133 cm³/mol. The topological polar surface area (TPSA) is 106 Å². The summed E-state index contributed by atoms with van der Waals surface area (Å²) in [4.78, 5) is 20.7. The van der Waals surface area contributed by atoms with Crippen molar-refractivity contribution in [3.63, 3.8) is 0 Å². The molecule has 1 aliphatic heterocycles. The van der Waals surface area contributed by atoms with Crippen LogP contribution in [0.15, 0.2) is 65.7 Å². The quantitative estimate of drug-likeness (QED) is 0.400. The van der Waals surface area contributed by atoms with Gasteiger partial charge >= 0.3 is 10.2 Å². The van der Waals surface area contributed by atoms with E-state index in [4.69, 9.17) is 4.74 Å². The Balaban J connectivity index is 1.53. The molecule has 2 aromatic heterocycles. The van der Waals surface area contributed by atoms with E-state index in [1.54, 1.807) is 6.07 Å². The van der Waals surface area contributed by atoms with Gasteiger partial charge in [-0.2, -0.15) is 12.7 Å². The van der Waals surface area contributed by atoms with E-state index in [0.29, 0.717) is 11.3 Å². The lowest BCUT2D eigenvalue weighted by Gasteiger charge is -2.30. The first-order chi connectivity index (χ1) is 18.2. The summed E-state index contributed by atoms with van der Waals surface area (Å²) in [7, 11) is -2.67. The Kier molecular flexibility index (Phi) is 6.63. The molecule has 4 aromatic rings. The van der Waals surface area contributed by atoms with Crippen LogP contribution in [0.5, 0.6) is 5.75 Å². The SMILES string of the molecule is COc1cc(-c2ccc(F)c(F)c2)c(F)cc1-n1c2c(ccc1=O)CN(S(=O)(=O)Nc1ncccn1)CC2. The van der Waals surface area contributed by atoms with Gasteiger partial charge in [-0.25, -0.2) is 27.9 Å². The molecule has 0 aliphatic carbocycles. The van der Waals surface area contributed by atoms with Crippen LogP contribution in [0, 0.1) is 17.5 Å². The fourth-order valence-corrected chi connectivity index (χ4v) is 5.41. The lowest BCUT2D eigenvalue weighted by Crippen LogP contribution is -2.41. The normalized spacial score (nSPS) is 13.7. The maximum absolute atomic E-state index is 15.3. The molecule has 1 aliphatic rings. The van der Waals surface area contributed by atoms with Gasteiger partial charge in [0.15, 0.2) is 11.6 Å². The molecule has 0 amide bonds. The molecule has 0 spiro atoms. The van der Waals surface area contributed by atoms with Crippen molar-refractivity contribution in [2.45, 2.75) is 13.0 Å². The van der Waals surface area contributed by atoms with Crippen LogP contribution in [0.2, 0.25) is 0 Å². The zero-order valence-electron chi connectivity index (χ0n) is 19.9. The zero-order chi connectivity index (χ0) is 27.0. The molecular weight excluding hydrogens is 523 g/mol. The molecule has 0 fully saturated rings. The number of rotatable bonds is 6. The second-order valence-corrected chi connectivity index (χ2v) is 10.0. The van der Waals surface area contributed by atoms with Gasteiger partial charge in [0.2, 0.25) is 5.95 Å². The zero-order valence-corrected chi connectivity index (χ0v) is 20.7. The van der Waals surface area contributed by atoms with Gasteiger partial charge in [0.25, 0.3) is 5.56 Å². The molecule has 2 aromatic carbocycles. The first kappa shape index (κ1) is 25.4. The van der Waals surface area contributed by atoms with E-state index in [-0.39, 0.29) is 48.0 Å². The highest BCUT2D eigenvalue weighted by Crippen LogP contribution is 2.34. The Hall–Kier alpha value is -4.23. The molecule has 0 atom stereocenters. The number of nitrogens with zero attached hydrogens (tertiary/aromatic N) is 4. The maximum Gasteiger partial charge on any atom is 0.304 e. The summed E-state index contributed by atoms with van der Waals surface area (Å²) in [5.74, 6) is -2.96. The Labute approximate surface area is 215 Å². The maximum atomic E-state index is 15.3. The van der Waals surface area contributed by atoms with Gasteiger partial charge in [-0.15, -0.1) is 0 Å². The Morgan fingerprint density at radius 2 is 1.74 bits per heavy atom. The van der Waals surface area contributed by atoms with Gasteiger partial charge < -0.3 is 4.74 Å². The van der Waals surface area contributed by atoms with Crippen LogP contribution in [-0.4, -0.2) is 40.9 Å². The second-order valence-electron chi connectivity index (χ2n) is 8.37. The van der Waals surface area contributed by atoms with Crippen LogP contribution in [0.4, 0.5) is 19.1 Å². The van der Waals surface area contributed by atoms with Crippen molar-refractivity contribution >= 4 is 16.2 Å². The molecule has 9 nitrogen and oxygen atoms in total. The van der Waals surface area contributed by atoms with Crippen LogP contribution < -0.4 is 15.0 Å². The summed E-state index contributed by atoms with van der Waals surface area (Å²) < 4.78 is 78.4. The van der Waals surface area contributed by atoms with E-state index in [1.807, 2.05) is 0 Å². The van der Waals surface area contributed by atoms with Gasteiger partial charge in [-0.05, 0) is 35.4 Å². The van der Waals surface area contributed by atoms with E-state index in [0.717, 1.165) is 18.2 Å². The van der Waals surface area contributed by atoms with Gasteiger partial charge in [0.05, 0.1) is 12.8 Å². The number of hydrogen-bond acceptors (Lipinski definition) is 6. The third-order valence-electron chi connectivity index (χ3n) is 6.10. The van der Waals surface area contributed by atoms with Gasteiger partial charge in [0.1, 0.15) is 11.6 Å². The Morgan fingerprint density at radius 1 is 0.974 bits per heavy atom. The third-order valence-corrected chi connectivity index (χ3v) is 7.53. The number of fused-ring (bicyclic) bond motifs is 1. The van der Waals surface area contributed by atoms with E-state index in [2.05, 4.69) is 14.7 Å². The Morgan fingerprint density at radius 3 is 2.45 bits per heavy atom. The number of aromatic nitrogens is 3. The monoisotopic (exact) mass is 543 g/mol. The summed E-state index contributed by atoms with van der Waals surface area (Å²) in [5, 5.41) is 0.